The van der Waals surface area contributed by atoms with Gasteiger partial charge in [0.1, 0.15) is 17.2 Å². The van der Waals surface area contributed by atoms with Gasteiger partial charge < -0.3 is 14.5 Å². The third-order valence-electron chi connectivity index (χ3n) is 3.79. The molecule has 0 fully saturated rings. The SMILES string of the molecule is CCOc1ccc(CC(=O)NCc2ccc(-c3ccnn3C)o2)cc1. The number of ether oxygens (including phenoxy) is 1. The van der Waals surface area contributed by atoms with Gasteiger partial charge in [-0.15, -0.1) is 0 Å². The summed E-state index contributed by atoms with van der Waals surface area (Å²) in [6, 6.07) is 13.2. The normalized spacial score (nSPS) is 10.6. The number of aromatic nitrogens is 2. The van der Waals surface area contributed by atoms with Gasteiger partial charge in [-0.05, 0) is 42.8 Å². The van der Waals surface area contributed by atoms with E-state index in [0.29, 0.717) is 25.3 Å². The Morgan fingerprint density at radius 3 is 2.68 bits per heavy atom. The van der Waals surface area contributed by atoms with E-state index in [9.17, 15) is 4.79 Å². The lowest BCUT2D eigenvalue weighted by Crippen LogP contribution is -2.24. The standard InChI is InChI=1S/C19H21N3O3/c1-3-24-15-6-4-14(5-7-15)12-19(23)20-13-16-8-9-18(25-16)17-10-11-21-22(17)2/h4-11H,3,12-13H2,1-2H3,(H,20,23). The number of nitrogens with one attached hydrogen (secondary N) is 1. The molecule has 0 spiro atoms. The summed E-state index contributed by atoms with van der Waals surface area (Å²) in [7, 11) is 1.86. The minimum absolute atomic E-state index is 0.0531. The van der Waals surface area contributed by atoms with E-state index in [1.807, 2.05) is 56.4 Å². The van der Waals surface area contributed by atoms with Gasteiger partial charge in [-0.2, -0.15) is 5.10 Å². The molecule has 2 aromatic heterocycles. The van der Waals surface area contributed by atoms with Crippen LogP contribution in [0.3, 0.4) is 0 Å². The highest BCUT2D eigenvalue weighted by molar-refractivity contribution is 5.78. The number of rotatable bonds is 7. The van der Waals surface area contributed by atoms with Crippen molar-refractivity contribution in [3.05, 3.63) is 60.0 Å². The molecule has 130 valence electrons. The van der Waals surface area contributed by atoms with E-state index in [-0.39, 0.29) is 5.91 Å². The summed E-state index contributed by atoms with van der Waals surface area (Å²) in [5.41, 5.74) is 1.84. The first-order valence-corrected chi connectivity index (χ1v) is 8.21. The molecule has 0 unspecified atom stereocenters. The summed E-state index contributed by atoms with van der Waals surface area (Å²) >= 11 is 0. The number of nitrogens with zero attached hydrogens (tertiary/aromatic N) is 2. The third-order valence-corrected chi connectivity index (χ3v) is 3.79. The molecule has 1 N–H and O–H groups in total. The van der Waals surface area contributed by atoms with Crippen LogP contribution in [-0.4, -0.2) is 22.3 Å². The summed E-state index contributed by atoms with van der Waals surface area (Å²) in [4.78, 5) is 12.1. The maximum absolute atomic E-state index is 12.1. The molecule has 0 bridgehead atoms. The van der Waals surface area contributed by atoms with Crippen molar-refractivity contribution in [2.75, 3.05) is 6.61 Å². The van der Waals surface area contributed by atoms with Gasteiger partial charge in [0.25, 0.3) is 0 Å². The lowest BCUT2D eigenvalue weighted by molar-refractivity contribution is -0.120. The van der Waals surface area contributed by atoms with Gasteiger partial charge in [-0.25, -0.2) is 0 Å². The third kappa shape index (κ3) is 4.29. The molecule has 1 aromatic carbocycles. The Balaban J connectivity index is 1.52. The van der Waals surface area contributed by atoms with Crippen molar-refractivity contribution in [2.24, 2.45) is 7.05 Å². The average molecular weight is 339 g/mol. The van der Waals surface area contributed by atoms with Gasteiger partial charge in [0.15, 0.2) is 5.76 Å². The fraction of sp³-hybridized carbons (Fsp3) is 0.263. The second-order valence-electron chi connectivity index (χ2n) is 5.64. The van der Waals surface area contributed by atoms with Crippen LogP contribution in [0.2, 0.25) is 0 Å². The largest absolute Gasteiger partial charge is 0.494 e. The van der Waals surface area contributed by atoms with Crippen LogP contribution in [0.5, 0.6) is 5.75 Å². The molecule has 1 amide bonds. The van der Waals surface area contributed by atoms with E-state index in [0.717, 1.165) is 22.8 Å². The maximum Gasteiger partial charge on any atom is 0.224 e. The van der Waals surface area contributed by atoms with Crippen LogP contribution >= 0.6 is 0 Å². The minimum atomic E-state index is -0.0531. The second kappa shape index (κ2) is 7.70. The van der Waals surface area contributed by atoms with Crippen molar-refractivity contribution in [3.63, 3.8) is 0 Å². The van der Waals surface area contributed by atoms with E-state index in [1.54, 1.807) is 10.9 Å². The molecule has 3 aromatic rings. The number of carbonyl (C=O) groups is 1. The number of carbonyl (C=O) groups excluding carboxylic acids is 1. The van der Waals surface area contributed by atoms with Gasteiger partial charge >= 0.3 is 0 Å². The molecule has 6 nitrogen and oxygen atoms in total. The van der Waals surface area contributed by atoms with Crippen LogP contribution in [-0.2, 0) is 24.8 Å². The molecule has 0 saturated carbocycles. The van der Waals surface area contributed by atoms with Gasteiger partial charge in [0, 0.05) is 13.2 Å². The lowest BCUT2D eigenvalue weighted by Gasteiger charge is -2.06. The van der Waals surface area contributed by atoms with Crippen LogP contribution in [0.4, 0.5) is 0 Å². The van der Waals surface area contributed by atoms with E-state index in [4.69, 9.17) is 9.15 Å². The van der Waals surface area contributed by atoms with Crippen molar-refractivity contribution in [3.8, 4) is 17.2 Å². The van der Waals surface area contributed by atoms with E-state index < -0.39 is 0 Å². The van der Waals surface area contributed by atoms with Crippen molar-refractivity contribution in [1.82, 2.24) is 15.1 Å². The van der Waals surface area contributed by atoms with E-state index >= 15 is 0 Å². The van der Waals surface area contributed by atoms with Crippen molar-refractivity contribution >= 4 is 5.91 Å². The monoisotopic (exact) mass is 339 g/mol. The minimum Gasteiger partial charge on any atom is -0.494 e. The van der Waals surface area contributed by atoms with Crippen LogP contribution in [0.1, 0.15) is 18.2 Å². The van der Waals surface area contributed by atoms with Gasteiger partial charge in [0.05, 0.1) is 19.6 Å². The van der Waals surface area contributed by atoms with Gasteiger partial charge in [-0.1, -0.05) is 12.1 Å². The van der Waals surface area contributed by atoms with Gasteiger partial charge in [-0.3, -0.25) is 9.48 Å². The fourth-order valence-electron chi connectivity index (χ4n) is 2.53. The Kier molecular flexibility index (Phi) is 5.18. The summed E-state index contributed by atoms with van der Waals surface area (Å²) in [5.74, 6) is 2.19. The highest BCUT2D eigenvalue weighted by Crippen LogP contribution is 2.21. The zero-order chi connectivity index (χ0) is 17.6. The van der Waals surface area contributed by atoms with Crippen LogP contribution in [0, 0.1) is 0 Å². The summed E-state index contributed by atoms with van der Waals surface area (Å²) < 4.78 is 12.9. The molecule has 0 aliphatic rings. The predicted octanol–water partition coefficient (Wildman–Crippen LogP) is 2.94. The molecule has 0 aliphatic carbocycles. The molecular formula is C19H21N3O3. The first-order valence-electron chi connectivity index (χ1n) is 8.21. The summed E-state index contributed by atoms with van der Waals surface area (Å²) in [6.45, 7) is 2.92. The molecule has 0 atom stereocenters. The molecular weight excluding hydrogens is 318 g/mol. The molecule has 0 radical (unpaired) electrons. The van der Waals surface area contributed by atoms with E-state index in [2.05, 4.69) is 10.4 Å². The zero-order valence-corrected chi connectivity index (χ0v) is 14.4. The summed E-state index contributed by atoms with van der Waals surface area (Å²) in [5, 5.41) is 6.99. The first-order chi connectivity index (χ1) is 12.2. The quantitative estimate of drug-likeness (QED) is 0.718. The number of benzene rings is 1. The number of furan rings is 1. The first kappa shape index (κ1) is 16.8. The predicted molar refractivity (Wildman–Crippen MR) is 94.1 cm³/mol. The number of aryl methyl sites for hydroxylation is 1. The average Bonchev–Trinajstić information content (AvgIpc) is 3.23. The van der Waals surface area contributed by atoms with Gasteiger partial charge in [0.2, 0.25) is 5.91 Å². The Morgan fingerprint density at radius 2 is 2.00 bits per heavy atom. The van der Waals surface area contributed by atoms with Crippen molar-refractivity contribution in [2.45, 2.75) is 19.9 Å². The molecule has 0 saturated heterocycles. The zero-order valence-electron chi connectivity index (χ0n) is 14.4. The van der Waals surface area contributed by atoms with Crippen LogP contribution in [0.25, 0.3) is 11.5 Å². The molecule has 2 heterocycles. The topological polar surface area (TPSA) is 69.3 Å². The van der Waals surface area contributed by atoms with Crippen molar-refractivity contribution < 1.29 is 13.9 Å². The number of hydrogen-bond acceptors (Lipinski definition) is 4. The molecule has 25 heavy (non-hydrogen) atoms. The molecule has 0 aliphatic heterocycles. The maximum atomic E-state index is 12.1. The fourth-order valence-corrected chi connectivity index (χ4v) is 2.53. The number of hydrogen-bond donors (Lipinski definition) is 1. The van der Waals surface area contributed by atoms with Crippen molar-refractivity contribution in [1.29, 1.82) is 0 Å². The van der Waals surface area contributed by atoms with E-state index in [1.165, 1.54) is 0 Å². The Labute approximate surface area is 146 Å². The highest BCUT2D eigenvalue weighted by atomic mass is 16.5. The number of amides is 1. The molecule has 3 rings (SSSR count). The van der Waals surface area contributed by atoms with Crippen LogP contribution < -0.4 is 10.1 Å². The van der Waals surface area contributed by atoms with Crippen LogP contribution in [0.15, 0.2) is 53.1 Å². The smallest absolute Gasteiger partial charge is 0.224 e. The highest BCUT2D eigenvalue weighted by Gasteiger charge is 2.09. The Hall–Kier alpha value is -3.02. The lowest BCUT2D eigenvalue weighted by atomic mass is 10.1. The molecule has 6 heteroatoms. The Morgan fingerprint density at radius 1 is 1.20 bits per heavy atom. The summed E-state index contributed by atoms with van der Waals surface area (Å²) in [6.07, 6.45) is 2.04. The Bertz CT molecular complexity index is 834. The second-order valence-corrected chi connectivity index (χ2v) is 5.64.